The number of phenolic OH excluding ortho intramolecular Hbond substituents is 1. The van der Waals surface area contributed by atoms with Crippen LogP contribution >= 0.6 is 0 Å². The van der Waals surface area contributed by atoms with E-state index < -0.39 is 17.3 Å². The Morgan fingerprint density at radius 1 is 1.50 bits per heavy atom. The van der Waals surface area contributed by atoms with Crippen LogP contribution in [0.3, 0.4) is 0 Å². The van der Waals surface area contributed by atoms with Crippen LogP contribution in [0.1, 0.15) is 12.5 Å². The van der Waals surface area contributed by atoms with Crippen LogP contribution in [0.15, 0.2) is 18.2 Å². The molecule has 0 saturated heterocycles. The first-order valence-electron chi connectivity index (χ1n) is 3.86. The van der Waals surface area contributed by atoms with Crippen LogP contribution in [0.4, 0.5) is 4.39 Å². The Kier molecular flexibility index (Phi) is 2.44. The minimum atomic E-state index is -1.71. The zero-order chi connectivity index (χ0) is 10.9. The van der Waals surface area contributed by atoms with E-state index in [1.807, 2.05) is 0 Å². The molecular weight excluding hydrogens is 189 g/mol. The second kappa shape index (κ2) is 3.26. The summed E-state index contributed by atoms with van der Waals surface area (Å²) in [7, 11) is 0. The van der Waals surface area contributed by atoms with Crippen LogP contribution in [-0.2, 0) is 10.3 Å². The van der Waals surface area contributed by atoms with E-state index in [1.165, 1.54) is 6.92 Å². The number of nitrogens with two attached hydrogens (primary N) is 1. The summed E-state index contributed by atoms with van der Waals surface area (Å²) in [6.45, 7) is 1.23. The van der Waals surface area contributed by atoms with Gasteiger partial charge in [-0.25, -0.2) is 9.18 Å². The number of carboxylic acids is 1. The first-order chi connectivity index (χ1) is 6.34. The minimum absolute atomic E-state index is 0.0162. The third-order valence-electron chi connectivity index (χ3n) is 1.93. The molecular formula is C9H10FNO3. The van der Waals surface area contributed by atoms with Crippen molar-refractivity contribution < 1.29 is 19.4 Å². The van der Waals surface area contributed by atoms with Crippen LogP contribution in [0.5, 0.6) is 5.75 Å². The number of aliphatic carboxylic acids is 1. The summed E-state index contributed by atoms with van der Waals surface area (Å²) in [5.74, 6) is -2.36. The van der Waals surface area contributed by atoms with E-state index in [0.717, 1.165) is 18.2 Å². The van der Waals surface area contributed by atoms with Gasteiger partial charge >= 0.3 is 5.97 Å². The third kappa shape index (κ3) is 1.82. The predicted octanol–water partition coefficient (Wildman–Crippen LogP) is 0.790. The summed E-state index contributed by atoms with van der Waals surface area (Å²) in [6, 6.07) is 2.98. The van der Waals surface area contributed by atoms with E-state index in [0.29, 0.717) is 0 Å². The maximum atomic E-state index is 12.8. The number of phenols is 1. The molecule has 0 fully saturated rings. The number of rotatable bonds is 2. The van der Waals surface area contributed by atoms with Gasteiger partial charge in [0, 0.05) is 6.07 Å². The minimum Gasteiger partial charge on any atom is -0.508 e. The summed E-state index contributed by atoms with van der Waals surface area (Å²) >= 11 is 0. The highest BCUT2D eigenvalue weighted by Gasteiger charge is 2.30. The highest BCUT2D eigenvalue weighted by molar-refractivity contribution is 5.80. The van der Waals surface area contributed by atoms with Crippen molar-refractivity contribution in [2.45, 2.75) is 12.5 Å². The molecule has 0 aromatic heterocycles. The van der Waals surface area contributed by atoms with Crippen molar-refractivity contribution in [3.63, 3.8) is 0 Å². The normalized spacial score (nSPS) is 14.8. The van der Waals surface area contributed by atoms with Gasteiger partial charge in [-0.1, -0.05) is 0 Å². The highest BCUT2D eigenvalue weighted by Crippen LogP contribution is 2.23. The molecule has 0 spiro atoms. The van der Waals surface area contributed by atoms with E-state index in [1.54, 1.807) is 0 Å². The Labute approximate surface area is 79.8 Å². The fourth-order valence-corrected chi connectivity index (χ4v) is 0.997. The lowest BCUT2D eigenvalue weighted by atomic mass is 9.93. The second-order valence-electron chi connectivity index (χ2n) is 3.21. The van der Waals surface area contributed by atoms with Crippen molar-refractivity contribution in [3.8, 4) is 5.75 Å². The Balaban J connectivity index is 3.25. The standard InChI is InChI=1S/C9H10FNO3/c1-9(11,8(13)14)5-2-6(10)4-7(12)3-5/h2-4,12H,11H2,1H3,(H,13,14)/t9-/m0/s1. The topological polar surface area (TPSA) is 83.6 Å². The van der Waals surface area contributed by atoms with Gasteiger partial charge in [-0.2, -0.15) is 0 Å². The van der Waals surface area contributed by atoms with Crippen molar-refractivity contribution >= 4 is 5.97 Å². The van der Waals surface area contributed by atoms with Crippen molar-refractivity contribution in [1.29, 1.82) is 0 Å². The van der Waals surface area contributed by atoms with E-state index in [9.17, 15) is 9.18 Å². The molecule has 1 atom stereocenters. The van der Waals surface area contributed by atoms with Crippen molar-refractivity contribution in [2.75, 3.05) is 0 Å². The molecule has 1 rings (SSSR count). The smallest absolute Gasteiger partial charge is 0.328 e. The Morgan fingerprint density at radius 2 is 2.07 bits per heavy atom. The molecule has 0 unspecified atom stereocenters. The van der Waals surface area contributed by atoms with Gasteiger partial charge in [0.1, 0.15) is 17.1 Å². The highest BCUT2D eigenvalue weighted by atomic mass is 19.1. The number of hydrogen-bond donors (Lipinski definition) is 3. The van der Waals surface area contributed by atoms with E-state index in [4.69, 9.17) is 15.9 Å². The molecule has 14 heavy (non-hydrogen) atoms. The Morgan fingerprint density at radius 3 is 2.50 bits per heavy atom. The van der Waals surface area contributed by atoms with E-state index in [-0.39, 0.29) is 11.3 Å². The zero-order valence-electron chi connectivity index (χ0n) is 7.49. The van der Waals surface area contributed by atoms with E-state index in [2.05, 4.69) is 0 Å². The lowest BCUT2D eigenvalue weighted by Gasteiger charge is -2.19. The fraction of sp³-hybridized carbons (Fsp3) is 0.222. The lowest BCUT2D eigenvalue weighted by Crippen LogP contribution is -2.41. The predicted molar refractivity (Wildman–Crippen MR) is 47.2 cm³/mol. The van der Waals surface area contributed by atoms with Gasteiger partial charge < -0.3 is 15.9 Å². The molecule has 1 aromatic rings. The molecule has 4 N–H and O–H groups in total. The van der Waals surface area contributed by atoms with Crippen LogP contribution in [-0.4, -0.2) is 16.2 Å². The quantitative estimate of drug-likeness (QED) is 0.657. The largest absolute Gasteiger partial charge is 0.508 e. The van der Waals surface area contributed by atoms with Crippen molar-refractivity contribution in [2.24, 2.45) is 5.73 Å². The molecule has 0 aliphatic heterocycles. The van der Waals surface area contributed by atoms with Crippen LogP contribution in [0.2, 0.25) is 0 Å². The number of carbonyl (C=O) groups is 1. The van der Waals surface area contributed by atoms with Crippen LogP contribution < -0.4 is 5.73 Å². The van der Waals surface area contributed by atoms with Crippen LogP contribution in [0.25, 0.3) is 0 Å². The maximum Gasteiger partial charge on any atom is 0.328 e. The molecule has 0 heterocycles. The number of aromatic hydroxyl groups is 1. The van der Waals surface area contributed by atoms with Crippen molar-refractivity contribution in [1.82, 2.24) is 0 Å². The maximum absolute atomic E-state index is 12.8. The first-order valence-corrected chi connectivity index (χ1v) is 3.86. The molecule has 0 saturated carbocycles. The molecule has 0 aliphatic rings. The number of halogens is 1. The summed E-state index contributed by atoms with van der Waals surface area (Å²) in [6.07, 6.45) is 0. The number of hydrogen-bond acceptors (Lipinski definition) is 3. The molecule has 0 amide bonds. The first kappa shape index (κ1) is 10.5. The molecule has 4 nitrogen and oxygen atoms in total. The molecule has 0 bridgehead atoms. The molecule has 0 radical (unpaired) electrons. The Bertz CT molecular complexity index is 356. The molecule has 5 heteroatoms. The van der Waals surface area contributed by atoms with Gasteiger partial charge in [-0.3, -0.25) is 0 Å². The van der Waals surface area contributed by atoms with Crippen LogP contribution in [0, 0.1) is 5.82 Å². The lowest BCUT2D eigenvalue weighted by molar-refractivity contribution is -0.143. The van der Waals surface area contributed by atoms with Gasteiger partial charge in [0.25, 0.3) is 0 Å². The summed E-state index contributed by atoms with van der Waals surface area (Å²) < 4.78 is 12.8. The average molecular weight is 199 g/mol. The molecule has 0 aliphatic carbocycles. The second-order valence-corrected chi connectivity index (χ2v) is 3.21. The van der Waals surface area contributed by atoms with Gasteiger partial charge in [-0.05, 0) is 24.6 Å². The molecule has 76 valence electrons. The fourth-order valence-electron chi connectivity index (χ4n) is 0.997. The van der Waals surface area contributed by atoms with Gasteiger partial charge in [0.05, 0.1) is 0 Å². The summed E-state index contributed by atoms with van der Waals surface area (Å²) in [5, 5.41) is 17.8. The SMILES string of the molecule is C[C@@](N)(C(=O)O)c1cc(O)cc(F)c1. The van der Waals surface area contributed by atoms with E-state index >= 15 is 0 Å². The Hall–Kier alpha value is -1.62. The van der Waals surface area contributed by atoms with Gasteiger partial charge in [-0.15, -0.1) is 0 Å². The summed E-state index contributed by atoms with van der Waals surface area (Å²) in [4.78, 5) is 10.7. The number of benzene rings is 1. The van der Waals surface area contributed by atoms with Crippen molar-refractivity contribution in [3.05, 3.63) is 29.6 Å². The number of carboxylic acid groups (broad SMARTS) is 1. The van der Waals surface area contributed by atoms with Gasteiger partial charge in [0.2, 0.25) is 0 Å². The zero-order valence-corrected chi connectivity index (χ0v) is 7.49. The third-order valence-corrected chi connectivity index (χ3v) is 1.93. The monoisotopic (exact) mass is 199 g/mol. The molecule has 1 aromatic carbocycles. The summed E-state index contributed by atoms with van der Waals surface area (Å²) in [5.41, 5.74) is 3.75. The van der Waals surface area contributed by atoms with Gasteiger partial charge in [0.15, 0.2) is 0 Å². The average Bonchev–Trinajstić information content (AvgIpc) is 2.01.